The molecule has 0 radical (unpaired) electrons. The van der Waals surface area contributed by atoms with Gasteiger partial charge in [-0.2, -0.15) is 0 Å². The Bertz CT molecular complexity index is 1300. The number of benzene rings is 1. The van der Waals surface area contributed by atoms with Crippen molar-refractivity contribution in [3.05, 3.63) is 135 Å². The Morgan fingerprint density at radius 2 is 1.52 bits per heavy atom. The van der Waals surface area contributed by atoms with E-state index >= 15 is 0 Å². The summed E-state index contributed by atoms with van der Waals surface area (Å²) in [5.74, 6) is -0.282. The van der Waals surface area contributed by atoms with Crippen LogP contribution in [0.5, 0.6) is 0 Å². The molecule has 3 heteroatoms. The molecule has 0 aromatic heterocycles. The van der Waals surface area contributed by atoms with Crippen molar-refractivity contribution >= 4 is 5.91 Å². The summed E-state index contributed by atoms with van der Waals surface area (Å²) in [6.45, 7) is 5.00. The molecule has 0 aliphatic rings. The van der Waals surface area contributed by atoms with Crippen molar-refractivity contribution in [3.8, 4) is 0 Å². The van der Waals surface area contributed by atoms with Crippen LogP contribution in [0.3, 0.4) is 0 Å². The van der Waals surface area contributed by atoms with Crippen molar-refractivity contribution in [2.24, 2.45) is 0 Å². The molecule has 0 aliphatic carbocycles. The second kappa shape index (κ2) is 16.2. The average molecular weight is 401 g/mol. The Morgan fingerprint density at radius 3 is 2.10 bits per heavy atom. The van der Waals surface area contributed by atoms with Gasteiger partial charge in [-0.3, -0.25) is 4.79 Å². The predicted molar refractivity (Wildman–Crippen MR) is 119 cm³/mol. The van der Waals surface area contributed by atoms with E-state index in [4.69, 9.17) is 0 Å². The number of aliphatic hydroxyl groups is 1. The second-order valence-electron chi connectivity index (χ2n) is 5.74. The van der Waals surface area contributed by atoms with Crippen LogP contribution in [-0.2, 0) is 11.2 Å². The van der Waals surface area contributed by atoms with E-state index in [1.54, 1.807) is 13.0 Å². The third kappa shape index (κ3) is 13.1. The van der Waals surface area contributed by atoms with Gasteiger partial charge in [0.2, 0.25) is 5.91 Å². The summed E-state index contributed by atoms with van der Waals surface area (Å²) in [5.41, 5.74) is 33.5. The van der Waals surface area contributed by atoms with Crippen LogP contribution in [0.15, 0.2) is 130 Å². The molecule has 0 aliphatic heterocycles. The number of hydrogen-bond donors (Lipinski definition) is 2. The van der Waals surface area contributed by atoms with Crippen molar-refractivity contribution in [2.45, 2.75) is 25.5 Å². The molecular formula is C28H19NO2. The Balaban J connectivity index is 2.70. The van der Waals surface area contributed by atoms with Gasteiger partial charge in [0.15, 0.2) is 0 Å². The van der Waals surface area contributed by atoms with Gasteiger partial charge in [-0.05, 0) is 101 Å². The van der Waals surface area contributed by atoms with Crippen LogP contribution in [0.4, 0.5) is 0 Å². The van der Waals surface area contributed by atoms with E-state index in [0.717, 1.165) is 5.56 Å². The summed E-state index contributed by atoms with van der Waals surface area (Å²) in [5, 5.41) is 12.7. The number of allylic oxidation sites excluding steroid dienone is 1. The fourth-order valence-corrected chi connectivity index (χ4v) is 1.91. The van der Waals surface area contributed by atoms with Gasteiger partial charge < -0.3 is 10.4 Å². The zero-order valence-electron chi connectivity index (χ0n) is 17.0. The summed E-state index contributed by atoms with van der Waals surface area (Å²) in [7, 11) is 0. The first kappa shape index (κ1) is 24.3. The highest BCUT2D eigenvalue weighted by molar-refractivity contribution is 5.87. The number of carbonyl (C=O) groups is 1. The maximum absolute atomic E-state index is 11.9. The molecule has 0 fully saturated rings. The zero-order valence-corrected chi connectivity index (χ0v) is 17.0. The molecule has 3 nitrogen and oxygen atoms in total. The first-order chi connectivity index (χ1) is 15.1. The maximum atomic E-state index is 11.9. The van der Waals surface area contributed by atoms with E-state index in [-0.39, 0.29) is 5.91 Å². The number of carbonyl (C=O) groups excluding carboxylic acids is 1. The van der Waals surface area contributed by atoms with Crippen molar-refractivity contribution in [1.82, 2.24) is 5.32 Å². The number of aliphatic hydroxyl groups excluding tert-OH is 1. The standard InChI is InChI=1S/C28H19NO2/c1-3-4-5-6-7-8-9-10-11-12-13-14-18-23-27(30)25(2)29-28(31)24-19-22-26-20-16-15-17-21-26/h15-17,19-21,23-25,27,30H,1,22H2,2H3,(H,29,31)/b24-19+/t25-,27-/m0/s1. The van der Waals surface area contributed by atoms with Gasteiger partial charge in [-0.1, -0.05) is 47.9 Å². The largest absolute Gasteiger partial charge is 0.386 e. The zero-order chi connectivity index (χ0) is 22.6. The van der Waals surface area contributed by atoms with Crippen molar-refractivity contribution in [3.63, 3.8) is 0 Å². The first-order valence-electron chi connectivity index (χ1n) is 9.18. The molecule has 0 heterocycles. The Kier molecular flexibility index (Phi) is 12.7. The van der Waals surface area contributed by atoms with Gasteiger partial charge in [-0.15, -0.1) is 0 Å². The molecule has 1 rings (SSSR count). The van der Waals surface area contributed by atoms with Crippen molar-refractivity contribution in [1.29, 1.82) is 0 Å². The van der Waals surface area contributed by atoms with E-state index in [1.807, 2.05) is 30.3 Å². The van der Waals surface area contributed by atoms with Crippen molar-refractivity contribution in [2.75, 3.05) is 0 Å². The predicted octanol–water partition coefficient (Wildman–Crippen LogP) is 3.85. The van der Waals surface area contributed by atoms with Gasteiger partial charge >= 0.3 is 0 Å². The molecule has 31 heavy (non-hydrogen) atoms. The highest BCUT2D eigenvalue weighted by Crippen LogP contribution is 2.00. The third-order valence-corrected chi connectivity index (χ3v) is 3.39. The van der Waals surface area contributed by atoms with Gasteiger partial charge in [0.05, 0.1) is 12.1 Å². The third-order valence-electron chi connectivity index (χ3n) is 3.39. The summed E-state index contributed by atoms with van der Waals surface area (Å²) in [4.78, 5) is 11.9. The van der Waals surface area contributed by atoms with Crippen LogP contribution in [0, 0.1) is 0 Å². The fourth-order valence-electron chi connectivity index (χ4n) is 1.91. The maximum Gasteiger partial charge on any atom is 0.243 e. The SMILES string of the molecule is C=C=C=C=C=C=C=C=C=C=C=C=C=C=C[C@H](O)[C@H](C)NC(=O)/C=C/Cc1ccccc1. The molecule has 0 unspecified atom stereocenters. The van der Waals surface area contributed by atoms with E-state index in [2.05, 4.69) is 86.4 Å². The molecule has 2 N–H and O–H groups in total. The van der Waals surface area contributed by atoms with E-state index < -0.39 is 12.1 Å². The average Bonchev–Trinajstić information content (AvgIpc) is 2.77. The van der Waals surface area contributed by atoms with Gasteiger partial charge in [0.25, 0.3) is 0 Å². The normalized spacial score (nSPS) is 9.87. The molecule has 1 aromatic rings. The molecule has 1 amide bonds. The Hall–Kier alpha value is -4.73. The number of amides is 1. The van der Waals surface area contributed by atoms with Gasteiger partial charge in [-0.25, -0.2) is 0 Å². The fraction of sp³-hybridized carbons (Fsp3) is 0.143. The van der Waals surface area contributed by atoms with E-state index in [0.29, 0.717) is 6.42 Å². The number of hydrogen-bond acceptors (Lipinski definition) is 2. The molecule has 0 spiro atoms. The Labute approximate surface area is 182 Å². The summed E-state index contributed by atoms with van der Waals surface area (Å²) >= 11 is 0. The van der Waals surface area contributed by atoms with Crippen LogP contribution in [0.2, 0.25) is 0 Å². The number of nitrogens with one attached hydrogen (secondary N) is 1. The van der Waals surface area contributed by atoms with Crippen molar-refractivity contribution < 1.29 is 9.90 Å². The topological polar surface area (TPSA) is 49.3 Å². The first-order valence-corrected chi connectivity index (χ1v) is 9.18. The van der Waals surface area contributed by atoms with E-state index in [1.165, 1.54) is 12.2 Å². The minimum absolute atomic E-state index is 0.282. The lowest BCUT2D eigenvalue weighted by atomic mass is 10.1. The van der Waals surface area contributed by atoms with Gasteiger partial charge in [0.1, 0.15) is 0 Å². The monoisotopic (exact) mass is 401 g/mol. The molecule has 1 aromatic carbocycles. The summed E-state index contributed by atoms with van der Waals surface area (Å²) < 4.78 is 0. The lowest BCUT2D eigenvalue weighted by Crippen LogP contribution is -2.39. The molecule has 0 bridgehead atoms. The molecule has 2 atom stereocenters. The van der Waals surface area contributed by atoms with Crippen LogP contribution in [0.25, 0.3) is 0 Å². The lowest BCUT2D eigenvalue weighted by Gasteiger charge is -2.15. The minimum atomic E-state index is -0.932. The highest BCUT2D eigenvalue weighted by Gasteiger charge is 2.12. The number of rotatable bonds is 6. The minimum Gasteiger partial charge on any atom is -0.386 e. The van der Waals surface area contributed by atoms with Crippen LogP contribution < -0.4 is 5.32 Å². The van der Waals surface area contributed by atoms with Crippen LogP contribution in [0.1, 0.15) is 12.5 Å². The molecular weight excluding hydrogens is 382 g/mol. The molecule has 0 saturated carbocycles. The highest BCUT2D eigenvalue weighted by atomic mass is 16.3. The summed E-state index contributed by atoms with van der Waals surface area (Å²) in [6, 6.07) is 9.31. The smallest absolute Gasteiger partial charge is 0.243 e. The lowest BCUT2D eigenvalue weighted by molar-refractivity contribution is -0.117. The van der Waals surface area contributed by atoms with Gasteiger partial charge in [0, 0.05) is 0 Å². The molecule has 148 valence electrons. The molecule has 0 saturated heterocycles. The Morgan fingerprint density at radius 1 is 0.968 bits per heavy atom. The quantitative estimate of drug-likeness (QED) is 0.562. The second-order valence-corrected chi connectivity index (χ2v) is 5.74. The van der Waals surface area contributed by atoms with E-state index in [9.17, 15) is 9.90 Å². The van der Waals surface area contributed by atoms with Crippen LogP contribution in [-0.4, -0.2) is 23.2 Å². The van der Waals surface area contributed by atoms with Crippen LogP contribution >= 0.6 is 0 Å². The summed E-state index contributed by atoms with van der Waals surface area (Å²) in [6.07, 6.45) is 4.31.